The fourth-order valence-corrected chi connectivity index (χ4v) is 3.62. The molecular formula is C20H18ClN3O2. The zero-order chi connectivity index (χ0) is 18.1. The molecule has 1 aliphatic carbocycles. The van der Waals surface area contributed by atoms with Crippen LogP contribution in [-0.2, 0) is 0 Å². The van der Waals surface area contributed by atoms with Crippen LogP contribution >= 0.6 is 11.6 Å². The van der Waals surface area contributed by atoms with E-state index >= 15 is 0 Å². The Hall–Kier alpha value is -2.50. The van der Waals surface area contributed by atoms with E-state index in [4.69, 9.17) is 11.6 Å². The number of pyridine rings is 2. The number of aromatic nitrogens is 2. The molecule has 26 heavy (non-hydrogen) atoms. The van der Waals surface area contributed by atoms with Crippen molar-refractivity contribution in [2.45, 2.75) is 25.0 Å². The summed E-state index contributed by atoms with van der Waals surface area (Å²) in [5.74, 6) is -0.0885. The summed E-state index contributed by atoms with van der Waals surface area (Å²) in [6, 6.07) is 11.3. The highest BCUT2D eigenvalue weighted by Gasteiger charge is 2.36. The number of aliphatic hydroxyl groups is 1. The fraction of sp³-hybridized carbons (Fsp3) is 0.250. The summed E-state index contributed by atoms with van der Waals surface area (Å²) in [6.07, 6.45) is 5.80. The first-order chi connectivity index (χ1) is 12.6. The maximum absolute atomic E-state index is 12.7. The lowest BCUT2D eigenvalue weighted by atomic mass is 9.75. The number of hydrogen-bond acceptors (Lipinski definition) is 4. The molecule has 0 spiro atoms. The van der Waals surface area contributed by atoms with Crippen LogP contribution < -0.4 is 5.32 Å². The molecule has 5 nitrogen and oxygen atoms in total. The number of para-hydroxylation sites is 1. The van der Waals surface area contributed by atoms with Crippen molar-refractivity contribution in [2.75, 3.05) is 0 Å². The summed E-state index contributed by atoms with van der Waals surface area (Å²) in [5.41, 5.74) is 2.23. The van der Waals surface area contributed by atoms with Gasteiger partial charge in [0.05, 0.1) is 28.2 Å². The van der Waals surface area contributed by atoms with Gasteiger partial charge in [0.1, 0.15) is 0 Å². The van der Waals surface area contributed by atoms with Gasteiger partial charge >= 0.3 is 0 Å². The molecule has 0 aliphatic heterocycles. The maximum Gasteiger partial charge on any atom is 0.253 e. The monoisotopic (exact) mass is 367 g/mol. The lowest BCUT2D eigenvalue weighted by Gasteiger charge is -2.38. The highest BCUT2D eigenvalue weighted by Crippen LogP contribution is 2.38. The second-order valence-electron chi connectivity index (χ2n) is 6.65. The van der Waals surface area contributed by atoms with E-state index in [-0.39, 0.29) is 24.0 Å². The second kappa shape index (κ2) is 7.02. The van der Waals surface area contributed by atoms with Crippen molar-refractivity contribution < 1.29 is 9.90 Å². The third-order valence-electron chi connectivity index (χ3n) is 4.90. The van der Waals surface area contributed by atoms with Crippen LogP contribution in [0.4, 0.5) is 0 Å². The Morgan fingerprint density at radius 2 is 2.04 bits per heavy atom. The number of aliphatic hydroxyl groups excluding tert-OH is 1. The van der Waals surface area contributed by atoms with E-state index in [1.807, 2.05) is 30.3 Å². The number of carbonyl (C=O) groups is 1. The lowest BCUT2D eigenvalue weighted by Crippen LogP contribution is -2.41. The van der Waals surface area contributed by atoms with E-state index in [2.05, 4.69) is 15.3 Å². The van der Waals surface area contributed by atoms with Crippen molar-refractivity contribution in [1.82, 2.24) is 15.3 Å². The minimum atomic E-state index is -0.308. The summed E-state index contributed by atoms with van der Waals surface area (Å²) in [6.45, 7) is 0. The van der Waals surface area contributed by atoms with Gasteiger partial charge in [-0.15, -0.1) is 0 Å². The molecule has 6 heteroatoms. The molecule has 2 heterocycles. The summed E-state index contributed by atoms with van der Waals surface area (Å²) in [4.78, 5) is 21.2. The quantitative estimate of drug-likeness (QED) is 0.739. The van der Waals surface area contributed by atoms with Crippen LogP contribution in [0.1, 0.15) is 34.8 Å². The van der Waals surface area contributed by atoms with E-state index < -0.39 is 0 Å². The van der Waals surface area contributed by atoms with Crippen LogP contribution in [0.15, 0.2) is 55.0 Å². The van der Waals surface area contributed by atoms with Crippen molar-refractivity contribution in [3.8, 4) is 0 Å². The fourth-order valence-electron chi connectivity index (χ4n) is 3.41. The van der Waals surface area contributed by atoms with Gasteiger partial charge in [0.15, 0.2) is 0 Å². The van der Waals surface area contributed by atoms with Gasteiger partial charge < -0.3 is 10.4 Å². The van der Waals surface area contributed by atoms with Gasteiger partial charge in [0, 0.05) is 24.0 Å². The lowest BCUT2D eigenvalue weighted by molar-refractivity contribution is 0.0235. The predicted octanol–water partition coefficient (Wildman–Crippen LogP) is 3.53. The van der Waals surface area contributed by atoms with Crippen LogP contribution in [0.5, 0.6) is 0 Å². The highest BCUT2D eigenvalue weighted by atomic mass is 35.5. The van der Waals surface area contributed by atoms with Gasteiger partial charge in [-0.3, -0.25) is 14.8 Å². The Labute approximate surface area is 156 Å². The molecule has 0 unspecified atom stereocenters. The Morgan fingerprint density at radius 3 is 2.81 bits per heavy atom. The molecule has 0 saturated heterocycles. The van der Waals surface area contributed by atoms with Crippen molar-refractivity contribution in [3.05, 3.63) is 71.1 Å². The molecule has 3 aromatic rings. The number of rotatable bonds is 4. The summed E-state index contributed by atoms with van der Waals surface area (Å²) in [5, 5.41) is 14.1. The molecule has 132 valence electrons. The molecule has 1 aromatic carbocycles. The van der Waals surface area contributed by atoms with Gasteiger partial charge in [-0.2, -0.15) is 0 Å². The third kappa shape index (κ3) is 3.28. The topological polar surface area (TPSA) is 75.1 Å². The van der Waals surface area contributed by atoms with E-state index in [9.17, 15) is 9.90 Å². The minimum Gasteiger partial charge on any atom is -0.393 e. The van der Waals surface area contributed by atoms with Crippen LogP contribution in [-0.4, -0.2) is 27.1 Å². The molecule has 1 fully saturated rings. The Morgan fingerprint density at radius 1 is 1.23 bits per heavy atom. The van der Waals surface area contributed by atoms with Crippen molar-refractivity contribution in [1.29, 1.82) is 0 Å². The number of nitrogens with one attached hydrogen (secondary N) is 1. The number of fused-ring (bicyclic) bond motifs is 1. The van der Waals surface area contributed by atoms with E-state index in [0.717, 1.165) is 16.5 Å². The largest absolute Gasteiger partial charge is 0.393 e. The number of carbonyl (C=O) groups excluding carboxylic acids is 1. The summed E-state index contributed by atoms with van der Waals surface area (Å²) in [7, 11) is 0. The highest BCUT2D eigenvalue weighted by molar-refractivity contribution is 6.33. The first-order valence-electron chi connectivity index (χ1n) is 8.55. The first-order valence-corrected chi connectivity index (χ1v) is 8.93. The standard InChI is InChI=1S/C20H18ClN3O2/c21-17-11-22-6-5-16(17)20(26)24-19(13-8-15(25)9-13)14-7-12-3-1-2-4-18(12)23-10-14/h1-7,10-11,13,15,19,25H,8-9H2,(H,24,26)/t13?,15?,19-/m1/s1. The smallest absolute Gasteiger partial charge is 0.253 e. The first kappa shape index (κ1) is 16.9. The van der Waals surface area contributed by atoms with E-state index in [0.29, 0.717) is 23.4 Å². The van der Waals surface area contributed by atoms with Crippen molar-refractivity contribution in [2.24, 2.45) is 5.92 Å². The SMILES string of the molecule is O=C(N[C@@H](c1cnc2ccccc2c1)C1CC(O)C1)c1ccncc1Cl. The molecule has 0 radical (unpaired) electrons. The molecule has 2 aromatic heterocycles. The zero-order valence-corrected chi connectivity index (χ0v) is 14.7. The number of halogens is 1. The van der Waals surface area contributed by atoms with Gasteiger partial charge in [0.25, 0.3) is 5.91 Å². The number of amides is 1. The Balaban J connectivity index is 1.65. The van der Waals surface area contributed by atoms with Crippen LogP contribution in [0.3, 0.4) is 0 Å². The number of hydrogen-bond donors (Lipinski definition) is 2. The van der Waals surface area contributed by atoms with Crippen molar-refractivity contribution in [3.63, 3.8) is 0 Å². The van der Waals surface area contributed by atoms with E-state index in [1.165, 1.54) is 6.20 Å². The van der Waals surface area contributed by atoms with Gasteiger partial charge in [0.2, 0.25) is 0 Å². The molecule has 1 aliphatic rings. The van der Waals surface area contributed by atoms with Gasteiger partial charge in [-0.1, -0.05) is 29.8 Å². The normalized spacial score (nSPS) is 20.4. The van der Waals surface area contributed by atoms with Crippen LogP contribution in [0, 0.1) is 5.92 Å². The molecule has 1 atom stereocenters. The molecule has 2 N–H and O–H groups in total. The summed E-state index contributed by atoms with van der Waals surface area (Å²) >= 11 is 6.10. The van der Waals surface area contributed by atoms with Crippen molar-refractivity contribution >= 4 is 28.4 Å². The molecule has 1 amide bonds. The number of benzene rings is 1. The summed E-state index contributed by atoms with van der Waals surface area (Å²) < 4.78 is 0. The Kier molecular flexibility index (Phi) is 4.57. The second-order valence-corrected chi connectivity index (χ2v) is 7.06. The predicted molar refractivity (Wildman–Crippen MR) is 99.9 cm³/mol. The van der Waals surface area contributed by atoms with Gasteiger partial charge in [-0.25, -0.2) is 0 Å². The minimum absolute atomic E-state index is 0.164. The molecule has 1 saturated carbocycles. The average Bonchev–Trinajstić information content (AvgIpc) is 2.63. The molecular weight excluding hydrogens is 350 g/mol. The van der Waals surface area contributed by atoms with Crippen LogP contribution in [0.25, 0.3) is 10.9 Å². The number of nitrogens with zero attached hydrogens (tertiary/aromatic N) is 2. The van der Waals surface area contributed by atoms with E-state index in [1.54, 1.807) is 18.5 Å². The average molecular weight is 368 g/mol. The van der Waals surface area contributed by atoms with Crippen LogP contribution in [0.2, 0.25) is 5.02 Å². The molecule has 0 bridgehead atoms. The Bertz CT molecular complexity index is 956. The third-order valence-corrected chi connectivity index (χ3v) is 5.20. The maximum atomic E-state index is 12.7. The van der Waals surface area contributed by atoms with Gasteiger partial charge in [-0.05, 0) is 42.5 Å². The molecule has 4 rings (SSSR count). The zero-order valence-electron chi connectivity index (χ0n) is 14.0.